The first-order chi connectivity index (χ1) is 26.5. The Kier molecular flexibility index (Phi) is 13.9. The topological polar surface area (TPSA) is 50.8 Å². The number of nitrogens with zero attached hydrogens (tertiary/aromatic N) is 3. The fraction of sp³-hybridized carbons (Fsp3) is 0. The van der Waals surface area contributed by atoms with Crippen molar-refractivity contribution in [1.82, 2.24) is 0 Å². The summed E-state index contributed by atoms with van der Waals surface area (Å²) in [4.78, 5) is 1.94. The maximum atomic E-state index is 9.37. The average molecular weight is 1020 g/mol. The van der Waals surface area contributed by atoms with E-state index in [1.807, 2.05) is 41.3 Å². The van der Waals surface area contributed by atoms with E-state index in [0.717, 1.165) is 11.4 Å². The van der Waals surface area contributed by atoms with E-state index in [4.69, 9.17) is 162 Å². The van der Waals surface area contributed by atoms with Crippen LogP contribution in [0.25, 0.3) is 11.1 Å². The summed E-state index contributed by atoms with van der Waals surface area (Å²) in [7, 11) is 0. The zero-order chi connectivity index (χ0) is 40.9. The molecule has 0 amide bonds. The van der Waals surface area contributed by atoms with Crippen LogP contribution in [-0.2, 0) is 0 Å². The van der Waals surface area contributed by atoms with Crippen molar-refractivity contribution in [3.8, 4) is 23.3 Å². The summed E-state index contributed by atoms with van der Waals surface area (Å²) in [5, 5.41) is 16.6. The molecule has 0 aromatic heterocycles. The van der Waals surface area contributed by atoms with Crippen molar-refractivity contribution in [2.75, 3.05) is 4.90 Å². The fourth-order valence-electron chi connectivity index (χ4n) is 5.72. The second-order valence-corrected chi connectivity index (χ2v) is 16.8. The van der Waals surface area contributed by atoms with Crippen LogP contribution >= 0.6 is 162 Å². The molecule has 1 radical (unpaired) electrons. The van der Waals surface area contributed by atoms with E-state index in [1.165, 1.54) is 0 Å². The summed E-state index contributed by atoms with van der Waals surface area (Å²) in [6.45, 7) is 0. The summed E-state index contributed by atoms with van der Waals surface area (Å²) in [6, 6.07) is 25.5. The molecule has 6 aromatic carbocycles. The van der Waals surface area contributed by atoms with Gasteiger partial charge in [-0.15, -0.1) is 0 Å². The van der Waals surface area contributed by atoms with Gasteiger partial charge in [-0.25, -0.2) is 0 Å². The number of halogens is 14. The minimum Gasteiger partial charge on any atom is -0.311 e. The smallest absolute Gasteiger partial charge is 0.0991 e. The van der Waals surface area contributed by atoms with Crippen LogP contribution in [0.15, 0.2) is 72.8 Å². The van der Waals surface area contributed by atoms with Gasteiger partial charge < -0.3 is 4.90 Å². The molecule has 17 heteroatoms. The zero-order valence-corrected chi connectivity index (χ0v) is 37.6. The van der Waals surface area contributed by atoms with E-state index >= 15 is 0 Å². The van der Waals surface area contributed by atoms with E-state index in [1.54, 1.807) is 36.4 Å². The van der Waals surface area contributed by atoms with Gasteiger partial charge in [0, 0.05) is 39.3 Å². The van der Waals surface area contributed by atoms with Gasteiger partial charge in [0.25, 0.3) is 0 Å². The first-order valence-electron chi connectivity index (χ1n) is 15.2. The largest absolute Gasteiger partial charge is 0.311 e. The molecule has 0 N–H and O–H groups in total. The van der Waals surface area contributed by atoms with Crippen molar-refractivity contribution < 1.29 is 0 Å². The van der Waals surface area contributed by atoms with Crippen molar-refractivity contribution in [1.29, 1.82) is 10.5 Å². The Morgan fingerprint density at radius 1 is 0.339 bits per heavy atom. The van der Waals surface area contributed by atoms with Gasteiger partial charge >= 0.3 is 0 Å². The Morgan fingerprint density at radius 3 is 0.875 bits per heavy atom. The molecule has 0 aliphatic carbocycles. The van der Waals surface area contributed by atoms with Gasteiger partial charge in [0.05, 0.1) is 99.5 Å². The number of anilines is 3. The second kappa shape index (κ2) is 17.8. The van der Waals surface area contributed by atoms with Crippen LogP contribution in [0, 0.1) is 28.6 Å². The maximum Gasteiger partial charge on any atom is 0.0991 e. The third-order valence-corrected chi connectivity index (χ3v) is 14.6. The number of nitriles is 2. The highest BCUT2D eigenvalue weighted by atomic mass is 35.5. The molecule has 6 aromatic rings. The van der Waals surface area contributed by atoms with Crippen LogP contribution in [-0.4, -0.2) is 0 Å². The van der Waals surface area contributed by atoms with Crippen molar-refractivity contribution in [3.63, 3.8) is 0 Å². The molecule has 6 rings (SSSR count). The molecule has 0 heterocycles. The van der Waals surface area contributed by atoms with Gasteiger partial charge in [-0.05, 0) is 66.2 Å². The highest BCUT2D eigenvalue weighted by molar-refractivity contribution is 6.58. The minimum atomic E-state index is -0.191. The lowest BCUT2D eigenvalue weighted by molar-refractivity contribution is 1.23. The first kappa shape index (κ1) is 43.7. The van der Waals surface area contributed by atoms with Gasteiger partial charge in [0.15, 0.2) is 0 Å². The monoisotopic (exact) mass is 1010 g/mol. The number of hydrogen-bond acceptors (Lipinski definition) is 3. The molecule has 0 bridgehead atoms. The Bertz CT molecular complexity index is 2440. The summed E-state index contributed by atoms with van der Waals surface area (Å²) >= 11 is 94.5. The molecule has 56 heavy (non-hydrogen) atoms. The fourth-order valence-corrected chi connectivity index (χ4v) is 9.64. The molecular weight excluding hydrogens is 1010 g/mol. The molecule has 0 aliphatic rings. The molecule has 0 fully saturated rings. The van der Waals surface area contributed by atoms with Crippen LogP contribution in [0.4, 0.5) is 17.1 Å². The maximum absolute atomic E-state index is 9.37. The van der Waals surface area contributed by atoms with Crippen LogP contribution < -0.4 is 4.90 Å². The number of hydrogen-bond donors (Lipinski definition) is 0. The van der Waals surface area contributed by atoms with E-state index in [0.29, 0.717) is 22.4 Å². The first-order valence-corrected chi connectivity index (χ1v) is 20.5. The molecule has 0 atom stereocenters. The third kappa shape index (κ3) is 7.82. The van der Waals surface area contributed by atoms with E-state index in [9.17, 15) is 10.5 Å². The van der Waals surface area contributed by atoms with Crippen molar-refractivity contribution in [2.24, 2.45) is 0 Å². The molecule has 0 unspecified atom stereocenters. The van der Waals surface area contributed by atoms with Crippen LogP contribution in [0.1, 0.15) is 27.8 Å². The van der Waals surface area contributed by atoms with Gasteiger partial charge in [-0.3, -0.25) is 0 Å². The lowest BCUT2D eigenvalue weighted by Crippen LogP contribution is -2.12. The normalized spacial score (nSPS) is 11.2. The van der Waals surface area contributed by atoms with Gasteiger partial charge in [0.2, 0.25) is 0 Å². The average Bonchev–Trinajstić information content (AvgIpc) is 3.21. The van der Waals surface area contributed by atoms with Crippen LogP contribution in [0.2, 0.25) is 70.3 Å². The predicted octanol–water partition coefficient (Wildman–Crippen LogP) is 18.7. The Labute approximate surface area is 391 Å². The standard InChI is InChI=1S/C39H12Cl14N3/c40-26-21(17-5-11-20(12-6-17)56(18-7-1-15(13-54)2-8-18)19-9-3-16(14-55)4-10-19)27(41)29(43)23(28(26)42)22(24-30(44)34(48)38(52)35(49)31(24)45)25-32(46)36(50)39(53)37(51)33(25)47/h1-12H. The summed E-state index contributed by atoms with van der Waals surface area (Å²) in [5.74, 6) is -0.0582. The van der Waals surface area contributed by atoms with Gasteiger partial charge in [0.1, 0.15) is 0 Å². The van der Waals surface area contributed by atoms with Crippen LogP contribution in [0.5, 0.6) is 0 Å². The Balaban J connectivity index is 1.57. The molecule has 3 nitrogen and oxygen atoms in total. The zero-order valence-electron chi connectivity index (χ0n) is 27.1. The molecular formula is C39H12Cl14N3. The highest BCUT2D eigenvalue weighted by Gasteiger charge is 2.38. The molecule has 281 valence electrons. The highest BCUT2D eigenvalue weighted by Crippen LogP contribution is 2.58. The number of rotatable bonds is 7. The molecule has 0 saturated carbocycles. The van der Waals surface area contributed by atoms with E-state index < -0.39 is 0 Å². The molecule has 0 aliphatic heterocycles. The SMILES string of the molecule is N#Cc1ccc(N(c2ccc(C#N)cc2)c2ccc(-c3c(Cl)c(Cl)c([C](c4c(Cl)c(Cl)c(Cl)c(Cl)c4Cl)c4c(Cl)c(Cl)c(Cl)c(Cl)c4Cl)c(Cl)c3Cl)cc2)cc1. The van der Waals surface area contributed by atoms with Crippen molar-refractivity contribution >= 4 is 179 Å². The second-order valence-electron chi connectivity index (χ2n) is 11.5. The molecule has 0 saturated heterocycles. The lowest BCUT2D eigenvalue weighted by Gasteiger charge is -2.28. The summed E-state index contributed by atoms with van der Waals surface area (Å²) in [6.07, 6.45) is 0. The Hall–Kier alpha value is -1.84. The predicted molar refractivity (Wildman–Crippen MR) is 240 cm³/mol. The van der Waals surface area contributed by atoms with Crippen LogP contribution in [0.3, 0.4) is 0 Å². The quantitative estimate of drug-likeness (QED) is 0.0910. The van der Waals surface area contributed by atoms with Gasteiger partial charge in [-0.2, -0.15) is 10.5 Å². The summed E-state index contributed by atoms with van der Waals surface area (Å²) < 4.78 is 0. The Morgan fingerprint density at radius 2 is 0.589 bits per heavy atom. The number of benzene rings is 6. The van der Waals surface area contributed by atoms with Gasteiger partial charge in [-0.1, -0.05) is 175 Å². The molecule has 0 spiro atoms. The van der Waals surface area contributed by atoms with Crippen molar-refractivity contribution in [3.05, 3.63) is 177 Å². The minimum absolute atomic E-state index is 0.0471. The summed E-state index contributed by atoms with van der Waals surface area (Å²) in [5.41, 5.74) is 3.78. The lowest BCUT2D eigenvalue weighted by atomic mass is 9.83. The third-order valence-electron chi connectivity index (χ3n) is 8.36. The van der Waals surface area contributed by atoms with Crippen molar-refractivity contribution in [2.45, 2.75) is 0 Å². The van der Waals surface area contributed by atoms with E-state index in [2.05, 4.69) is 12.1 Å². The van der Waals surface area contributed by atoms with E-state index in [-0.39, 0.29) is 98.5 Å².